The highest BCUT2D eigenvalue weighted by atomic mass is 19.1. The summed E-state index contributed by atoms with van der Waals surface area (Å²) in [7, 11) is 0. The van der Waals surface area contributed by atoms with Gasteiger partial charge in [0, 0.05) is 31.0 Å². The Morgan fingerprint density at radius 2 is 1.76 bits per heavy atom. The van der Waals surface area contributed by atoms with Gasteiger partial charge in [-0.15, -0.1) is 5.10 Å². The molecule has 6 nitrogen and oxygen atoms in total. The van der Waals surface area contributed by atoms with E-state index in [2.05, 4.69) is 49.8 Å². The van der Waals surface area contributed by atoms with E-state index in [1.165, 1.54) is 30.7 Å². The minimum Gasteiger partial charge on any atom is -0.372 e. The van der Waals surface area contributed by atoms with E-state index in [-0.39, 0.29) is 5.82 Å². The zero-order valence-electron chi connectivity index (χ0n) is 16.5. The molecule has 0 bridgehead atoms. The van der Waals surface area contributed by atoms with Gasteiger partial charge in [0.1, 0.15) is 5.82 Å². The third-order valence-electron chi connectivity index (χ3n) is 5.22. The predicted molar refractivity (Wildman–Crippen MR) is 114 cm³/mol. The van der Waals surface area contributed by atoms with Crippen LogP contribution in [0.1, 0.15) is 25.3 Å². The Hall–Kier alpha value is -3.22. The highest BCUT2D eigenvalue weighted by Crippen LogP contribution is 2.25. The lowest BCUT2D eigenvalue weighted by Gasteiger charge is -2.32. The number of halogens is 1. The molecular formula is C22H25FN6. The summed E-state index contributed by atoms with van der Waals surface area (Å²) in [6, 6.07) is 14.7. The number of hydrogen-bond donors (Lipinski definition) is 2. The highest BCUT2D eigenvalue weighted by molar-refractivity contribution is 5.59. The molecule has 4 rings (SSSR count). The second kappa shape index (κ2) is 8.86. The average Bonchev–Trinajstić information content (AvgIpc) is 2.75. The molecule has 1 aliphatic rings. The maximum absolute atomic E-state index is 13.0. The normalized spacial score (nSPS) is 14.6. The lowest BCUT2D eigenvalue weighted by atomic mass is 9.99. The Morgan fingerprint density at radius 3 is 2.48 bits per heavy atom. The van der Waals surface area contributed by atoms with Crippen LogP contribution < -0.4 is 15.5 Å². The van der Waals surface area contributed by atoms with Crippen molar-refractivity contribution in [3.63, 3.8) is 0 Å². The quantitative estimate of drug-likeness (QED) is 0.639. The van der Waals surface area contributed by atoms with E-state index >= 15 is 0 Å². The minimum absolute atomic E-state index is 0.246. The molecule has 1 aliphatic heterocycles. The summed E-state index contributed by atoms with van der Waals surface area (Å²) in [6.45, 7) is 5.08. The molecule has 0 spiro atoms. The number of nitrogens with zero attached hydrogens (tertiary/aromatic N) is 4. The van der Waals surface area contributed by atoms with Crippen LogP contribution in [-0.2, 0) is 6.54 Å². The molecule has 2 aromatic carbocycles. The maximum Gasteiger partial charge on any atom is 0.249 e. The monoisotopic (exact) mass is 392 g/mol. The van der Waals surface area contributed by atoms with E-state index in [0.717, 1.165) is 30.3 Å². The van der Waals surface area contributed by atoms with Gasteiger partial charge in [-0.05, 0) is 60.7 Å². The molecule has 2 N–H and O–H groups in total. The second-order valence-electron chi connectivity index (χ2n) is 7.49. The molecule has 29 heavy (non-hydrogen) atoms. The first kappa shape index (κ1) is 19.1. The lowest BCUT2D eigenvalue weighted by Crippen LogP contribution is -2.32. The van der Waals surface area contributed by atoms with Crippen molar-refractivity contribution >= 4 is 23.1 Å². The van der Waals surface area contributed by atoms with Gasteiger partial charge in [-0.25, -0.2) is 4.39 Å². The summed E-state index contributed by atoms with van der Waals surface area (Å²) in [5.74, 6) is 1.60. The van der Waals surface area contributed by atoms with E-state index < -0.39 is 0 Å². The van der Waals surface area contributed by atoms with E-state index in [1.54, 1.807) is 18.3 Å². The Bertz CT molecular complexity index is 921. The first-order valence-corrected chi connectivity index (χ1v) is 9.96. The Balaban J connectivity index is 1.35. The van der Waals surface area contributed by atoms with Crippen molar-refractivity contribution in [2.45, 2.75) is 26.3 Å². The maximum atomic E-state index is 13.0. The number of anilines is 4. The van der Waals surface area contributed by atoms with Crippen LogP contribution in [0, 0.1) is 11.7 Å². The van der Waals surface area contributed by atoms with Crippen molar-refractivity contribution in [2.75, 3.05) is 28.6 Å². The molecule has 0 amide bonds. The first-order valence-electron chi connectivity index (χ1n) is 9.96. The van der Waals surface area contributed by atoms with E-state index in [0.29, 0.717) is 18.3 Å². The van der Waals surface area contributed by atoms with Crippen molar-refractivity contribution in [1.29, 1.82) is 0 Å². The van der Waals surface area contributed by atoms with Gasteiger partial charge in [0.15, 0.2) is 5.82 Å². The number of nitrogens with one attached hydrogen (secondary N) is 2. The average molecular weight is 392 g/mol. The van der Waals surface area contributed by atoms with E-state index in [9.17, 15) is 4.39 Å². The number of aromatic nitrogens is 3. The van der Waals surface area contributed by atoms with Gasteiger partial charge in [0.05, 0.1) is 6.20 Å². The van der Waals surface area contributed by atoms with Crippen molar-refractivity contribution in [2.24, 2.45) is 5.92 Å². The van der Waals surface area contributed by atoms with Crippen LogP contribution >= 0.6 is 0 Å². The smallest absolute Gasteiger partial charge is 0.249 e. The molecule has 3 aromatic rings. The second-order valence-corrected chi connectivity index (χ2v) is 7.49. The van der Waals surface area contributed by atoms with Gasteiger partial charge in [-0.1, -0.05) is 19.1 Å². The molecule has 150 valence electrons. The first-order chi connectivity index (χ1) is 14.2. The molecule has 7 heteroatoms. The Labute approximate surface area is 170 Å². The van der Waals surface area contributed by atoms with Crippen LogP contribution in [0.15, 0.2) is 54.7 Å². The molecule has 0 unspecified atom stereocenters. The van der Waals surface area contributed by atoms with Gasteiger partial charge < -0.3 is 15.5 Å². The SMILES string of the molecule is CC1CCN(c2ccc(Nc3nncc(NCc4ccc(F)cc4)n3)cc2)CC1. The van der Waals surface area contributed by atoms with E-state index in [1.807, 2.05) is 12.1 Å². The van der Waals surface area contributed by atoms with Crippen molar-refractivity contribution < 1.29 is 4.39 Å². The number of rotatable bonds is 6. The third-order valence-corrected chi connectivity index (χ3v) is 5.22. The number of hydrogen-bond acceptors (Lipinski definition) is 6. The minimum atomic E-state index is -0.246. The fourth-order valence-electron chi connectivity index (χ4n) is 3.39. The standard InChI is InChI=1S/C22H25FN6/c1-16-10-12-29(13-11-16)20-8-6-19(7-9-20)26-22-27-21(15-25-28-22)24-14-17-2-4-18(23)5-3-17/h2-9,15-16H,10-14H2,1H3,(H2,24,26,27,28). The number of piperidine rings is 1. The molecule has 0 aliphatic carbocycles. The van der Waals surface area contributed by atoms with Gasteiger partial charge >= 0.3 is 0 Å². The fourth-order valence-corrected chi connectivity index (χ4v) is 3.39. The molecule has 2 heterocycles. The molecule has 0 radical (unpaired) electrons. The summed E-state index contributed by atoms with van der Waals surface area (Å²) < 4.78 is 13.0. The predicted octanol–water partition coefficient (Wildman–Crippen LogP) is 4.60. The lowest BCUT2D eigenvalue weighted by molar-refractivity contribution is 0.438. The van der Waals surface area contributed by atoms with Gasteiger partial charge in [-0.3, -0.25) is 0 Å². The van der Waals surface area contributed by atoms with Gasteiger partial charge in [-0.2, -0.15) is 10.1 Å². The Morgan fingerprint density at radius 1 is 1.03 bits per heavy atom. The van der Waals surface area contributed by atoms with Crippen molar-refractivity contribution in [1.82, 2.24) is 15.2 Å². The zero-order chi connectivity index (χ0) is 20.1. The van der Waals surface area contributed by atoms with Crippen LogP contribution in [0.3, 0.4) is 0 Å². The van der Waals surface area contributed by atoms with Crippen LogP contribution in [-0.4, -0.2) is 28.3 Å². The molecule has 0 atom stereocenters. The summed E-state index contributed by atoms with van der Waals surface area (Å²) in [5.41, 5.74) is 3.12. The molecule has 0 saturated carbocycles. The molecular weight excluding hydrogens is 367 g/mol. The van der Waals surface area contributed by atoms with Crippen molar-refractivity contribution in [3.05, 3.63) is 66.1 Å². The summed E-state index contributed by atoms with van der Waals surface area (Å²) in [6.07, 6.45) is 4.06. The van der Waals surface area contributed by atoms with Crippen LogP contribution in [0.2, 0.25) is 0 Å². The molecule has 1 aromatic heterocycles. The van der Waals surface area contributed by atoms with Crippen molar-refractivity contribution in [3.8, 4) is 0 Å². The Kier molecular flexibility index (Phi) is 5.84. The summed E-state index contributed by atoms with van der Waals surface area (Å²) in [4.78, 5) is 6.87. The van der Waals surface area contributed by atoms with Crippen LogP contribution in [0.25, 0.3) is 0 Å². The van der Waals surface area contributed by atoms with E-state index in [4.69, 9.17) is 0 Å². The van der Waals surface area contributed by atoms with Gasteiger partial charge in [0.2, 0.25) is 5.95 Å². The van der Waals surface area contributed by atoms with Crippen LogP contribution in [0.4, 0.5) is 27.5 Å². The highest BCUT2D eigenvalue weighted by Gasteiger charge is 2.15. The fraction of sp³-hybridized carbons (Fsp3) is 0.318. The molecule has 1 saturated heterocycles. The summed E-state index contributed by atoms with van der Waals surface area (Å²) in [5, 5.41) is 14.4. The summed E-state index contributed by atoms with van der Waals surface area (Å²) >= 11 is 0. The third kappa shape index (κ3) is 5.19. The number of benzene rings is 2. The topological polar surface area (TPSA) is 66.0 Å². The largest absolute Gasteiger partial charge is 0.372 e. The zero-order valence-corrected chi connectivity index (χ0v) is 16.5. The molecule has 1 fully saturated rings. The van der Waals surface area contributed by atoms with Crippen LogP contribution in [0.5, 0.6) is 0 Å². The van der Waals surface area contributed by atoms with Gasteiger partial charge in [0.25, 0.3) is 0 Å².